The van der Waals surface area contributed by atoms with Gasteiger partial charge in [-0.2, -0.15) is 5.26 Å². The van der Waals surface area contributed by atoms with Gasteiger partial charge in [-0.25, -0.2) is 0 Å². The van der Waals surface area contributed by atoms with Crippen LogP contribution in [0.2, 0.25) is 0 Å². The van der Waals surface area contributed by atoms with Crippen LogP contribution in [0.15, 0.2) is 18.2 Å². The number of nitrogens with zero attached hydrogens (tertiary/aromatic N) is 1. The Hall–Kier alpha value is -1.57. The van der Waals surface area contributed by atoms with Crippen molar-refractivity contribution in [3.05, 3.63) is 29.3 Å². The van der Waals surface area contributed by atoms with Gasteiger partial charge in [0.2, 0.25) is 0 Å². The quantitative estimate of drug-likeness (QED) is 0.683. The van der Waals surface area contributed by atoms with Gasteiger partial charge in [0.25, 0.3) is 0 Å². The van der Waals surface area contributed by atoms with Crippen molar-refractivity contribution in [2.24, 2.45) is 5.73 Å². The van der Waals surface area contributed by atoms with Crippen molar-refractivity contribution in [3.8, 4) is 11.8 Å². The van der Waals surface area contributed by atoms with E-state index in [1.54, 1.807) is 32.0 Å². The second-order valence-electron chi connectivity index (χ2n) is 4.54. The molecule has 2 unspecified atom stereocenters. The first-order chi connectivity index (χ1) is 7.45. The van der Waals surface area contributed by atoms with E-state index < -0.39 is 17.7 Å². The van der Waals surface area contributed by atoms with Gasteiger partial charge in [-0.1, -0.05) is 0 Å². The highest BCUT2D eigenvalue weighted by Crippen LogP contribution is 2.38. The van der Waals surface area contributed by atoms with Crippen molar-refractivity contribution in [3.63, 3.8) is 0 Å². The molecule has 0 aliphatic carbocycles. The fraction of sp³-hybridized carbons (Fsp3) is 0.417. The predicted molar refractivity (Wildman–Crippen MR) is 58.8 cm³/mol. The van der Waals surface area contributed by atoms with E-state index in [1.807, 2.05) is 6.07 Å². The van der Waals surface area contributed by atoms with Gasteiger partial charge in [0, 0.05) is 5.56 Å². The Morgan fingerprint density at radius 2 is 2.19 bits per heavy atom. The number of benzene rings is 1. The molecule has 1 aromatic rings. The van der Waals surface area contributed by atoms with E-state index in [0.717, 1.165) is 0 Å². The standard InChI is InChI=1S/C12H14N2O2/c1-12(2)11(15)10(14)8-5-7(6-13)3-4-9(8)16-12/h3-5,10-11,15H,14H2,1-2H3. The summed E-state index contributed by atoms with van der Waals surface area (Å²) in [6, 6.07) is 6.59. The van der Waals surface area contributed by atoms with E-state index in [0.29, 0.717) is 16.9 Å². The molecule has 0 saturated heterocycles. The molecule has 2 rings (SSSR count). The Morgan fingerprint density at radius 3 is 2.81 bits per heavy atom. The van der Waals surface area contributed by atoms with Crippen LogP contribution < -0.4 is 10.5 Å². The summed E-state index contributed by atoms with van der Waals surface area (Å²) in [4.78, 5) is 0. The van der Waals surface area contributed by atoms with Crippen LogP contribution in [0, 0.1) is 11.3 Å². The number of rotatable bonds is 0. The zero-order valence-electron chi connectivity index (χ0n) is 9.27. The molecule has 0 fully saturated rings. The number of nitrogens with two attached hydrogens (primary N) is 1. The number of ether oxygens (including phenoxy) is 1. The van der Waals surface area contributed by atoms with Crippen molar-refractivity contribution in [2.75, 3.05) is 0 Å². The predicted octanol–water partition coefficient (Wildman–Crippen LogP) is 1.09. The molecule has 84 valence electrons. The van der Waals surface area contributed by atoms with Gasteiger partial charge in [0.15, 0.2) is 0 Å². The molecule has 1 aromatic carbocycles. The van der Waals surface area contributed by atoms with Gasteiger partial charge in [0.05, 0.1) is 17.7 Å². The lowest BCUT2D eigenvalue weighted by molar-refractivity contribution is -0.0571. The average Bonchev–Trinajstić information content (AvgIpc) is 2.25. The van der Waals surface area contributed by atoms with Crippen LogP contribution in [0.3, 0.4) is 0 Å². The molecule has 0 bridgehead atoms. The van der Waals surface area contributed by atoms with E-state index >= 15 is 0 Å². The number of aliphatic hydroxyl groups is 1. The van der Waals surface area contributed by atoms with Crippen molar-refractivity contribution in [1.82, 2.24) is 0 Å². The molecule has 1 aliphatic rings. The third kappa shape index (κ3) is 1.54. The fourth-order valence-electron chi connectivity index (χ4n) is 1.92. The first-order valence-electron chi connectivity index (χ1n) is 5.12. The Kier molecular flexibility index (Phi) is 2.38. The SMILES string of the molecule is CC1(C)Oc2ccc(C#N)cc2C(N)C1O. The minimum absolute atomic E-state index is 0.518. The van der Waals surface area contributed by atoms with Gasteiger partial charge >= 0.3 is 0 Å². The summed E-state index contributed by atoms with van der Waals surface area (Å²) in [7, 11) is 0. The second kappa shape index (κ2) is 3.48. The van der Waals surface area contributed by atoms with Crippen molar-refractivity contribution in [1.29, 1.82) is 5.26 Å². The maximum atomic E-state index is 9.98. The monoisotopic (exact) mass is 218 g/mol. The van der Waals surface area contributed by atoms with Crippen LogP contribution >= 0.6 is 0 Å². The molecule has 2 atom stereocenters. The summed E-state index contributed by atoms with van der Waals surface area (Å²) in [5.74, 6) is 0.641. The largest absolute Gasteiger partial charge is 0.485 e. The number of aliphatic hydroxyl groups excluding tert-OH is 1. The van der Waals surface area contributed by atoms with Gasteiger partial charge in [-0.3, -0.25) is 0 Å². The summed E-state index contributed by atoms with van der Waals surface area (Å²) >= 11 is 0. The summed E-state index contributed by atoms with van der Waals surface area (Å²) in [6.07, 6.45) is -0.783. The highest BCUT2D eigenvalue weighted by Gasteiger charge is 2.41. The molecule has 0 saturated carbocycles. The lowest BCUT2D eigenvalue weighted by atomic mass is 9.86. The van der Waals surface area contributed by atoms with Crippen LogP contribution in [0.25, 0.3) is 0 Å². The van der Waals surface area contributed by atoms with Crippen molar-refractivity contribution >= 4 is 0 Å². The molecule has 4 heteroatoms. The summed E-state index contributed by atoms with van der Waals surface area (Å²) in [5.41, 5.74) is 6.45. The summed E-state index contributed by atoms with van der Waals surface area (Å²) < 4.78 is 5.66. The second-order valence-corrected chi connectivity index (χ2v) is 4.54. The normalized spacial score (nSPS) is 26.4. The van der Waals surface area contributed by atoms with Crippen LogP contribution in [-0.2, 0) is 0 Å². The third-order valence-electron chi connectivity index (χ3n) is 2.92. The minimum atomic E-state index is -0.783. The molecule has 16 heavy (non-hydrogen) atoms. The van der Waals surface area contributed by atoms with Crippen molar-refractivity contribution < 1.29 is 9.84 Å². The number of fused-ring (bicyclic) bond motifs is 1. The molecule has 1 aliphatic heterocycles. The molecular weight excluding hydrogens is 204 g/mol. The number of nitriles is 1. The van der Waals surface area contributed by atoms with E-state index in [-0.39, 0.29) is 0 Å². The highest BCUT2D eigenvalue weighted by atomic mass is 16.5. The molecule has 4 nitrogen and oxygen atoms in total. The summed E-state index contributed by atoms with van der Waals surface area (Å²) in [5, 5.41) is 18.8. The average molecular weight is 218 g/mol. The van der Waals surface area contributed by atoms with Gasteiger partial charge in [0.1, 0.15) is 17.5 Å². The zero-order valence-corrected chi connectivity index (χ0v) is 9.27. The lowest BCUT2D eigenvalue weighted by Gasteiger charge is -2.40. The van der Waals surface area contributed by atoms with Crippen LogP contribution in [0.5, 0.6) is 5.75 Å². The van der Waals surface area contributed by atoms with E-state index in [9.17, 15) is 5.11 Å². The molecule has 3 N–H and O–H groups in total. The fourth-order valence-corrected chi connectivity index (χ4v) is 1.92. The number of hydrogen-bond acceptors (Lipinski definition) is 4. The van der Waals surface area contributed by atoms with E-state index in [1.165, 1.54) is 0 Å². The smallest absolute Gasteiger partial charge is 0.131 e. The molecule has 0 aromatic heterocycles. The maximum absolute atomic E-state index is 9.98. The topological polar surface area (TPSA) is 79.3 Å². The molecule has 0 radical (unpaired) electrons. The molecular formula is C12H14N2O2. The zero-order chi connectivity index (χ0) is 11.9. The first kappa shape index (κ1) is 10.9. The van der Waals surface area contributed by atoms with Gasteiger partial charge < -0.3 is 15.6 Å². The molecule has 1 heterocycles. The highest BCUT2D eigenvalue weighted by molar-refractivity contribution is 5.46. The van der Waals surface area contributed by atoms with Crippen molar-refractivity contribution in [2.45, 2.75) is 31.6 Å². The third-order valence-corrected chi connectivity index (χ3v) is 2.92. The maximum Gasteiger partial charge on any atom is 0.131 e. The molecule has 0 spiro atoms. The van der Waals surface area contributed by atoms with Crippen LogP contribution in [0.1, 0.15) is 31.0 Å². The number of hydrogen-bond donors (Lipinski definition) is 2. The Bertz CT molecular complexity index is 463. The van der Waals surface area contributed by atoms with E-state index in [2.05, 4.69) is 0 Å². The Balaban J connectivity index is 2.52. The van der Waals surface area contributed by atoms with Gasteiger partial charge in [-0.15, -0.1) is 0 Å². The van der Waals surface area contributed by atoms with Crippen LogP contribution in [0.4, 0.5) is 0 Å². The Morgan fingerprint density at radius 1 is 1.50 bits per heavy atom. The molecule has 0 amide bonds. The first-order valence-corrected chi connectivity index (χ1v) is 5.12. The van der Waals surface area contributed by atoms with Crippen LogP contribution in [-0.4, -0.2) is 16.8 Å². The minimum Gasteiger partial charge on any atom is -0.485 e. The summed E-state index contributed by atoms with van der Waals surface area (Å²) in [6.45, 7) is 3.58. The van der Waals surface area contributed by atoms with E-state index in [4.69, 9.17) is 15.7 Å². The Labute approximate surface area is 94.3 Å². The lowest BCUT2D eigenvalue weighted by Crippen LogP contribution is -2.51. The van der Waals surface area contributed by atoms with Gasteiger partial charge in [-0.05, 0) is 32.0 Å².